The first-order valence-electron chi connectivity index (χ1n) is 8.70. The zero-order chi connectivity index (χ0) is 17.4. The van der Waals surface area contributed by atoms with Gasteiger partial charge in [0, 0.05) is 6.54 Å². The Hall–Kier alpha value is -1.99. The lowest BCUT2D eigenvalue weighted by Crippen LogP contribution is -2.34. The third-order valence-electron chi connectivity index (χ3n) is 4.42. The Bertz CT molecular complexity index is 650. The molecule has 0 heterocycles. The largest absolute Gasteiger partial charge is 0.376 e. The number of ether oxygens (including phenoxy) is 1. The number of nitrogens with two attached hydrogens (primary N) is 1. The maximum atomic E-state index is 5.81. The first kappa shape index (κ1) is 17.8. The molecule has 0 fully saturated rings. The van der Waals surface area contributed by atoms with Gasteiger partial charge in [-0.2, -0.15) is 0 Å². The van der Waals surface area contributed by atoms with Gasteiger partial charge in [0.2, 0.25) is 0 Å². The Balaban J connectivity index is 2.13. The van der Waals surface area contributed by atoms with E-state index >= 15 is 0 Å². The van der Waals surface area contributed by atoms with Gasteiger partial charge in [-0.25, -0.2) is 0 Å². The van der Waals surface area contributed by atoms with E-state index in [0.29, 0.717) is 19.8 Å². The van der Waals surface area contributed by atoms with Crippen molar-refractivity contribution in [1.29, 1.82) is 0 Å². The summed E-state index contributed by atoms with van der Waals surface area (Å²) in [5, 5.41) is 4.18. The molecular formula is C22H25NOP+. The number of hydrogen-bond donors (Lipinski definition) is 1. The highest BCUT2D eigenvalue weighted by Crippen LogP contribution is 2.54. The summed E-state index contributed by atoms with van der Waals surface area (Å²) in [7, 11) is -1.76. The van der Waals surface area contributed by atoms with Gasteiger partial charge in [0.15, 0.2) is 0 Å². The molecule has 0 amide bonds. The Morgan fingerprint density at radius 2 is 1.00 bits per heavy atom. The fourth-order valence-corrected chi connectivity index (χ4v) is 7.38. The van der Waals surface area contributed by atoms with Crippen LogP contribution >= 0.6 is 7.26 Å². The SMILES string of the molecule is NCCOCC[P+](c1ccccc1)(c1ccccc1)c1ccccc1. The lowest BCUT2D eigenvalue weighted by Gasteiger charge is -2.27. The molecule has 0 saturated heterocycles. The van der Waals surface area contributed by atoms with E-state index in [4.69, 9.17) is 10.5 Å². The average Bonchev–Trinajstić information content (AvgIpc) is 2.70. The normalized spacial score (nSPS) is 11.4. The highest BCUT2D eigenvalue weighted by Gasteiger charge is 2.44. The molecule has 0 unspecified atom stereocenters. The van der Waals surface area contributed by atoms with Crippen LogP contribution in [0.3, 0.4) is 0 Å². The molecule has 2 N–H and O–H groups in total. The molecule has 2 nitrogen and oxygen atoms in total. The summed E-state index contributed by atoms with van der Waals surface area (Å²) >= 11 is 0. The van der Waals surface area contributed by atoms with E-state index in [2.05, 4.69) is 91.0 Å². The minimum absolute atomic E-state index is 0.563. The Morgan fingerprint density at radius 1 is 0.600 bits per heavy atom. The molecule has 0 spiro atoms. The Morgan fingerprint density at radius 3 is 1.36 bits per heavy atom. The van der Waals surface area contributed by atoms with E-state index in [-0.39, 0.29) is 0 Å². The van der Waals surface area contributed by atoms with E-state index in [0.717, 1.165) is 6.16 Å². The lowest BCUT2D eigenvalue weighted by molar-refractivity contribution is 0.157. The van der Waals surface area contributed by atoms with Gasteiger partial charge in [0.25, 0.3) is 0 Å². The van der Waals surface area contributed by atoms with Gasteiger partial charge in [0.1, 0.15) is 23.2 Å². The van der Waals surface area contributed by atoms with E-state index in [1.54, 1.807) is 0 Å². The zero-order valence-electron chi connectivity index (χ0n) is 14.4. The lowest BCUT2D eigenvalue weighted by atomic mass is 10.4. The first-order valence-corrected chi connectivity index (χ1v) is 10.7. The number of benzene rings is 3. The average molecular weight is 350 g/mol. The van der Waals surface area contributed by atoms with Crippen LogP contribution in [0.5, 0.6) is 0 Å². The van der Waals surface area contributed by atoms with E-state index < -0.39 is 7.26 Å². The van der Waals surface area contributed by atoms with Gasteiger partial charge in [0.05, 0.1) is 19.4 Å². The van der Waals surface area contributed by atoms with Crippen LogP contribution in [-0.4, -0.2) is 25.9 Å². The smallest absolute Gasteiger partial charge is 0.114 e. The second-order valence-corrected chi connectivity index (χ2v) is 9.56. The van der Waals surface area contributed by atoms with Crippen LogP contribution in [0.4, 0.5) is 0 Å². The molecular weight excluding hydrogens is 325 g/mol. The van der Waals surface area contributed by atoms with E-state index in [9.17, 15) is 0 Å². The summed E-state index contributed by atoms with van der Waals surface area (Å²) in [5.74, 6) is 0. The molecule has 128 valence electrons. The van der Waals surface area contributed by atoms with Gasteiger partial charge in [-0.15, -0.1) is 0 Å². The van der Waals surface area contributed by atoms with Crippen LogP contribution in [0.1, 0.15) is 0 Å². The monoisotopic (exact) mass is 350 g/mol. The van der Waals surface area contributed by atoms with Crippen molar-refractivity contribution in [2.24, 2.45) is 5.73 Å². The quantitative estimate of drug-likeness (QED) is 0.501. The van der Waals surface area contributed by atoms with Crippen molar-refractivity contribution in [3.63, 3.8) is 0 Å². The van der Waals surface area contributed by atoms with Gasteiger partial charge in [-0.05, 0) is 36.4 Å². The standard InChI is InChI=1S/C22H25NOP/c23-16-17-24-18-19-25(20-10-4-1-5-11-20,21-12-6-2-7-13-21)22-14-8-3-9-15-22/h1-15H,16-19,23H2/q+1. The predicted octanol–water partition coefficient (Wildman–Crippen LogP) is 2.96. The maximum Gasteiger partial charge on any atom is 0.114 e. The molecule has 0 aliphatic heterocycles. The van der Waals surface area contributed by atoms with Gasteiger partial charge >= 0.3 is 0 Å². The third kappa shape index (κ3) is 3.99. The van der Waals surface area contributed by atoms with Crippen molar-refractivity contribution in [3.8, 4) is 0 Å². The highest BCUT2D eigenvalue weighted by atomic mass is 31.2. The van der Waals surface area contributed by atoms with Crippen molar-refractivity contribution in [3.05, 3.63) is 91.0 Å². The van der Waals surface area contributed by atoms with Crippen LogP contribution in [0.2, 0.25) is 0 Å². The van der Waals surface area contributed by atoms with Crippen molar-refractivity contribution >= 4 is 23.2 Å². The highest BCUT2D eigenvalue weighted by molar-refractivity contribution is 7.95. The molecule has 0 aliphatic rings. The molecule has 0 aliphatic carbocycles. The van der Waals surface area contributed by atoms with Crippen molar-refractivity contribution < 1.29 is 4.74 Å². The fraction of sp³-hybridized carbons (Fsp3) is 0.182. The molecule has 0 aromatic heterocycles. The summed E-state index contributed by atoms with van der Waals surface area (Å²) < 4.78 is 5.81. The van der Waals surface area contributed by atoms with Gasteiger partial charge in [-0.3, -0.25) is 0 Å². The second kappa shape index (κ2) is 8.92. The van der Waals surface area contributed by atoms with Crippen molar-refractivity contribution in [2.75, 3.05) is 25.9 Å². The summed E-state index contributed by atoms with van der Waals surface area (Å²) in [4.78, 5) is 0. The molecule has 3 heteroatoms. The predicted molar refractivity (Wildman–Crippen MR) is 110 cm³/mol. The Kier molecular flexibility index (Phi) is 6.36. The van der Waals surface area contributed by atoms with Crippen molar-refractivity contribution in [1.82, 2.24) is 0 Å². The summed E-state index contributed by atoms with van der Waals surface area (Å²) in [6.07, 6.45) is 0.977. The van der Waals surface area contributed by atoms with Crippen molar-refractivity contribution in [2.45, 2.75) is 0 Å². The van der Waals surface area contributed by atoms with Crippen LogP contribution in [-0.2, 0) is 4.74 Å². The van der Waals surface area contributed by atoms with Gasteiger partial charge < -0.3 is 10.5 Å². The minimum atomic E-state index is -1.76. The molecule has 25 heavy (non-hydrogen) atoms. The van der Waals surface area contributed by atoms with E-state index in [1.165, 1.54) is 15.9 Å². The summed E-state index contributed by atoms with van der Waals surface area (Å²) in [6, 6.07) is 32.6. The third-order valence-corrected chi connectivity index (χ3v) is 8.82. The molecule has 0 radical (unpaired) electrons. The van der Waals surface area contributed by atoms with Crippen LogP contribution in [0.25, 0.3) is 0 Å². The molecule has 0 saturated carbocycles. The number of rotatable bonds is 8. The molecule has 0 bridgehead atoms. The molecule has 0 atom stereocenters. The first-order chi connectivity index (χ1) is 12.4. The van der Waals surface area contributed by atoms with E-state index in [1.807, 2.05) is 0 Å². The van der Waals surface area contributed by atoms with Crippen LogP contribution in [0, 0.1) is 0 Å². The zero-order valence-corrected chi connectivity index (χ0v) is 15.3. The van der Waals surface area contributed by atoms with Crippen LogP contribution < -0.4 is 21.6 Å². The fourth-order valence-electron chi connectivity index (χ4n) is 3.27. The molecule has 3 rings (SSSR count). The van der Waals surface area contributed by atoms with Crippen LogP contribution in [0.15, 0.2) is 91.0 Å². The Labute approximate surface area is 151 Å². The molecule has 3 aromatic carbocycles. The number of hydrogen-bond acceptors (Lipinski definition) is 2. The molecule has 3 aromatic rings. The summed E-state index contributed by atoms with van der Waals surface area (Å²) in [6.45, 7) is 1.88. The minimum Gasteiger partial charge on any atom is -0.376 e. The topological polar surface area (TPSA) is 35.2 Å². The van der Waals surface area contributed by atoms with Gasteiger partial charge in [-0.1, -0.05) is 54.6 Å². The second-order valence-electron chi connectivity index (χ2n) is 5.94. The maximum absolute atomic E-state index is 5.81. The summed E-state index contributed by atoms with van der Waals surface area (Å²) in [5.41, 5.74) is 5.60.